The number of ether oxygens (including phenoxy) is 1. The summed E-state index contributed by atoms with van der Waals surface area (Å²) in [6.07, 6.45) is 7.59. The van der Waals surface area contributed by atoms with Gasteiger partial charge in [0.2, 0.25) is 5.79 Å². The fourth-order valence-electron chi connectivity index (χ4n) is 2.46. The molecule has 1 spiro atoms. The summed E-state index contributed by atoms with van der Waals surface area (Å²) in [6, 6.07) is 6.30. The first-order valence-electron chi connectivity index (χ1n) is 6.68. The molecule has 2 aliphatic rings. The predicted molar refractivity (Wildman–Crippen MR) is 68.5 cm³/mol. The summed E-state index contributed by atoms with van der Waals surface area (Å²) >= 11 is 0. The summed E-state index contributed by atoms with van der Waals surface area (Å²) in [6.45, 7) is 0.498. The second-order valence-electron chi connectivity index (χ2n) is 5.06. The quantitative estimate of drug-likeness (QED) is 0.766. The summed E-state index contributed by atoms with van der Waals surface area (Å²) in [5, 5.41) is 0. The highest BCUT2D eigenvalue weighted by Crippen LogP contribution is 2.37. The first-order chi connectivity index (χ1) is 9.26. The van der Waals surface area contributed by atoms with Crippen molar-refractivity contribution in [1.82, 2.24) is 0 Å². The Morgan fingerprint density at radius 1 is 1.16 bits per heavy atom. The van der Waals surface area contributed by atoms with E-state index in [1.165, 1.54) is 12.1 Å². The third-order valence-corrected chi connectivity index (χ3v) is 3.57. The van der Waals surface area contributed by atoms with Crippen LogP contribution in [-0.2, 0) is 14.5 Å². The van der Waals surface area contributed by atoms with Crippen molar-refractivity contribution in [1.29, 1.82) is 0 Å². The summed E-state index contributed by atoms with van der Waals surface area (Å²) in [4.78, 5) is 10.8. The Bertz CT molecular complexity index is 439. The van der Waals surface area contributed by atoms with Gasteiger partial charge in [0.1, 0.15) is 11.9 Å². The molecule has 1 unspecified atom stereocenters. The zero-order chi connectivity index (χ0) is 13.1. The van der Waals surface area contributed by atoms with Gasteiger partial charge in [0.05, 0.1) is 6.61 Å². The van der Waals surface area contributed by atoms with Crippen LogP contribution in [0.15, 0.2) is 30.3 Å². The van der Waals surface area contributed by atoms with Crippen molar-refractivity contribution in [2.45, 2.75) is 37.6 Å². The van der Waals surface area contributed by atoms with E-state index >= 15 is 0 Å². The Kier molecular flexibility index (Phi) is 3.64. The molecule has 0 N–H and O–H groups in total. The van der Waals surface area contributed by atoms with Crippen LogP contribution in [0, 0.1) is 5.82 Å². The molecule has 0 aromatic heterocycles. The average Bonchev–Trinajstić information content (AvgIpc) is 2.89. The maximum Gasteiger partial charge on any atom is 0.201 e. The zero-order valence-corrected chi connectivity index (χ0v) is 10.7. The van der Waals surface area contributed by atoms with Crippen LogP contribution in [0.2, 0.25) is 0 Å². The molecule has 3 nitrogen and oxygen atoms in total. The summed E-state index contributed by atoms with van der Waals surface area (Å²) in [7, 11) is 0. The van der Waals surface area contributed by atoms with Gasteiger partial charge in [-0.05, 0) is 36.6 Å². The normalized spacial score (nSPS) is 26.3. The Morgan fingerprint density at radius 3 is 2.53 bits per heavy atom. The van der Waals surface area contributed by atoms with Crippen LogP contribution < -0.4 is 0 Å². The molecule has 102 valence electrons. The molecule has 2 fully saturated rings. The van der Waals surface area contributed by atoms with Crippen molar-refractivity contribution in [2.75, 3.05) is 6.61 Å². The molecule has 3 rings (SSSR count). The van der Waals surface area contributed by atoms with Crippen molar-refractivity contribution in [3.8, 4) is 0 Å². The van der Waals surface area contributed by atoms with Gasteiger partial charge < -0.3 is 4.74 Å². The van der Waals surface area contributed by atoms with Crippen molar-refractivity contribution in [3.63, 3.8) is 0 Å². The minimum Gasteiger partial charge on any atom is -0.344 e. The average molecular weight is 264 g/mol. The van der Waals surface area contributed by atoms with E-state index in [2.05, 4.69) is 0 Å². The van der Waals surface area contributed by atoms with Crippen LogP contribution in [0.5, 0.6) is 0 Å². The van der Waals surface area contributed by atoms with Gasteiger partial charge >= 0.3 is 0 Å². The summed E-state index contributed by atoms with van der Waals surface area (Å²) < 4.78 is 18.6. The maximum absolute atomic E-state index is 12.8. The van der Waals surface area contributed by atoms with Crippen molar-refractivity contribution in [2.24, 2.45) is 0 Å². The summed E-state index contributed by atoms with van der Waals surface area (Å²) in [5.41, 5.74) is 0.922. The molecule has 0 amide bonds. The van der Waals surface area contributed by atoms with Crippen LogP contribution in [-0.4, -0.2) is 18.5 Å². The van der Waals surface area contributed by atoms with E-state index < -0.39 is 5.79 Å². The maximum atomic E-state index is 12.8. The first kappa shape index (κ1) is 12.8. The van der Waals surface area contributed by atoms with Crippen LogP contribution in [0.1, 0.15) is 31.2 Å². The molecule has 19 heavy (non-hydrogen) atoms. The standard InChI is InChI=1S/C15H17FO3/c16-13-6-3-12(4-7-13)5-8-14-11-17-15(19-18-14)9-1-2-10-15/h3-8,14H,1-2,9-11H2. The Hall–Kier alpha value is -1.23. The number of hydrogen-bond donors (Lipinski definition) is 0. The highest BCUT2D eigenvalue weighted by Gasteiger charge is 2.41. The Morgan fingerprint density at radius 2 is 1.89 bits per heavy atom. The van der Waals surface area contributed by atoms with Gasteiger partial charge in [0, 0.05) is 12.8 Å². The number of rotatable bonds is 2. The molecule has 1 aliphatic carbocycles. The van der Waals surface area contributed by atoms with Crippen molar-refractivity contribution < 1.29 is 18.9 Å². The third kappa shape index (κ3) is 3.03. The lowest BCUT2D eigenvalue weighted by Gasteiger charge is -2.34. The van der Waals surface area contributed by atoms with E-state index in [1.54, 1.807) is 12.1 Å². The molecule has 1 aliphatic heterocycles. The first-order valence-corrected chi connectivity index (χ1v) is 6.68. The van der Waals surface area contributed by atoms with Gasteiger partial charge in [-0.25, -0.2) is 14.2 Å². The molecular weight excluding hydrogens is 247 g/mol. The lowest BCUT2D eigenvalue weighted by Crippen LogP contribution is -2.42. The molecule has 1 heterocycles. The SMILES string of the molecule is Fc1ccc(C=CC2COC3(CCCC3)OO2)cc1. The van der Waals surface area contributed by atoms with E-state index in [0.717, 1.165) is 31.2 Å². The van der Waals surface area contributed by atoms with E-state index in [-0.39, 0.29) is 11.9 Å². The Labute approximate surface area is 111 Å². The number of hydrogen-bond acceptors (Lipinski definition) is 3. The highest BCUT2D eigenvalue weighted by atomic mass is 19.1. The van der Waals surface area contributed by atoms with Crippen molar-refractivity contribution in [3.05, 3.63) is 41.7 Å². The predicted octanol–water partition coefficient (Wildman–Crippen LogP) is 3.46. The molecular formula is C15H17FO3. The molecule has 1 atom stereocenters. The summed E-state index contributed by atoms with van der Waals surface area (Å²) in [5.74, 6) is -0.735. The zero-order valence-electron chi connectivity index (χ0n) is 10.7. The lowest BCUT2D eigenvalue weighted by atomic mass is 10.2. The van der Waals surface area contributed by atoms with Crippen LogP contribution in [0.25, 0.3) is 6.08 Å². The van der Waals surface area contributed by atoms with Gasteiger partial charge in [-0.2, -0.15) is 0 Å². The molecule has 0 radical (unpaired) electrons. The highest BCUT2D eigenvalue weighted by molar-refractivity contribution is 5.49. The number of benzene rings is 1. The van der Waals surface area contributed by atoms with E-state index in [4.69, 9.17) is 14.5 Å². The Balaban J connectivity index is 1.55. The second kappa shape index (κ2) is 5.41. The van der Waals surface area contributed by atoms with E-state index in [1.807, 2.05) is 12.2 Å². The molecule has 1 aromatic carbocycles. The lowest BCUT2D eigenvalue weighted by molar-refractivity contribution is -0.477. The third-order valence-electron chi connectivity index (χ3n) is 3.57. The molecule has 1 saturated heterocycles. The monoisotopic (exact) mass is 264 g/mol. The number of halogens is 1. The van der Waals surface area contributed by atoms with E-state index in [9.17, 15) is 4.39 Å². The topological polar surface area (TPSA) is 27.7 Å². The smallest absolute Gasteiger partial charge is 0.201 e. The van der Waals surface area contributed by atoms with E-state index in [0.29, 0.717) is 6.61 Å². The van der Waals surface area contributed by atoms with Gasteiger partial charge in [-0.15, -0.1) is 0 Å². The van der Waals surface area contributed by atoms with Crippen molar-refractivity contribution >= 4 is 6.08 Å². The van der Waals surface area contributed by atoms with Gasteiger partial charge in [-0.1, -0.05) is 18.2 Å². The van der Waals surface area contributed by atoms with Gasteiger partial charge in [-0.3, -0.25) is 0 Å². The van der Waals surface area contributed by atoms with Gasteiger partial charge in [0.25, 0.3) is 0 Å². The van der Waals surface area contributed by atoms with Crippen LogP contribution in [0.3, 0.4) is 0 Å². The van der Waals surface area contributed by atoms with Gasteiger partial charge in [0.15, 0.2) is 0 Å². The minimum atomic E-state index is -0.500. The van der Waals surface area contributed by atoms with Crippen LogP contribution >= 0.6 is 0 Å². The molecule has 1 aromatic rings. The molecule has 1 saturated carbocycles. The minimum absolute atomic E-state index is 0.212. The van der Waals surface area contributed by atoms with Crippen LogP contribution in [0.4, 0.5) is 4.39 Å². The fourth-order valence-corrected chi connectivity index (χ4v) is 2.46. The molecule has 0 bridgehead atoms. The molecule has 4 heteroatoms. The largest absolute Gasteiger partial charge is 0.344 e. The second-order valence-corrected chi connectivity index (χ2v) is 5.06. The fraction of sp³-hybridized carbons (Fsp3) is 0.467.